The van der Waals surface area contributed by atoms with E-state index in [-0.39, 0.29) is 12.5 Å². The summed E-state index contributed by atoms with van der Waals surface area (Å²) in [4.78, 5) is 27.0. The monoisotopic (exact) mass is 351 g/mol. The third-order valence-electron chi connectivity index (χ3n) is 4.16. The fourth-order valence-corrected chi connectivity index (χ4v) is 2.84. The Balaban J connectivity index is 1.50. The first-order valence-corrected chi connectivity index (χ1v) is 8.42. The molecule has 3 rings (SSSR count). The quantitative estimate of drug-likeness (QED) is 0.572. The van der Waals surface area contributed by atoms with Crippen molar-refractivity contribution >= 4 is 28.5 Å². The average Bonchev–Trinajstić information content (AvgIpc) is 3.09. The Kier molecular flexibility index (Phi) is 5.53. The van der Waals surface area contributed by atoms with E-state index in [1.54, 1.807) is 24.3 Å². The number of nitrogens with one attached hydrogen (secondary N) is 3. The first-order chi connectivity index (χ1) is 12.7. The van der Waals surface area contributed by atoms with Crippen LogP contribution in [0.3, 0.4) is 0 Å². The molecule has 3 N–H and O–H groups in total. The molecule has 1 heterocycles. The van der Waals surface area contributed by atoms with Crippen molar-refractivity contribution < 1.29 is 14.3 Å². The Hall–Kier alpha value is -3.28. The van der Waals surface area contributed by atoms with Gasteiger partial charge in [-0.15, -0.1) is 0 Å². The Labute approximate surface area is 151 Å². The highest BCUT2D eigenvalue weighted by Crippen LogP contribution is 2.18. The fourth-order valence-electron chi connectivity index (χ4n) is 2.84. The predicted molar refractivity (Wildman–Crippen MR) is 101 cm³/mol. The van der Waals surface area contributed by atoms with Gasteiger partial charge in [0.2, 0.25) is 5.91 Å². The van der Waals surface area contributed by atoms with E-state index >= 15 is 0 Å². The van der Waals surface area contributed by atoms with E-state index in [4.69, 9.17) is 4.74 Å². The van der Waals surface area contributed by atoms with Crippen LogP contribution in [-0.2, 0) is 16.0 Å². The predicted octanol–water partition coefficient (Wildman–Crippen LogP) is 2.73. The number of benzene rings is 2. The van der Waals surface area contributed by atoms with Crippen molar-refractivity contribution in [3.63, 3.8) is 0 Å². The second-order valence-corrected chi connectivity index (χ2v) is 5.85. The summed E-state index contributed by atoms with van der Waals surface area (Å²) in [6.07, 6.45) is 2.72. The number of aromatic nitrogens is 1. The number of fused-ring (bicyclic) bond motifs is 1. The Bertz CT molecular complexity index is 917. The number of methoxy groups -OCH3 is 1. The van der Waals surface area contributed by atoms with Gasteiger partial charge in [-0.2, -0.15) is 0 Å². The number of H-pyrrole nitrogens is 1. The summed E-state index contributed by atoms with van der Waals surface area (Å²) in [7, 11) is 1.33. The maximum Gasteiger partial charge on any atom is 0.339 e. The number of aromatic amines is 1. The fraction of sp³-hybridized carbons (Fsp3) is 0.200. The van der Waals surface area contributed by atoms with Crippen molar-refractivity contribution in [1.29, 1.82) is 0 Å². The van der Waals surface area contributed by atoms with Crippen LogP contribution in [0.25, 0.3) is 10.9 Å². The van der Waals surface area contributed by atoms with Gasteiger partial charge in [0.15, 0.2) is 0 Å². The average molecular weight is 351 g/mol. The van der Waals surface area contributed by atoms with Crippen LogP contribution in [-0.4, -0.2) is 37.1 Å². The maximum absolute atomic E-state index is 12.1. The highest BCUT2D eigenvalue weighted by molar-refractivity contribution is 5.96. The van der Waals surface area contributed by atoms with Gasteiger partial charge in [0.1, 0.15) is 0 Å². The van der Waals surface area contributed by atoms with Gasteiger partial charge in [-0.05, 0) is 30.2 Å². The van der Waals surface area contributed by atoms with Gasteiger partial charge in [-0.1, -0.05) is 30.3 Å². The molecule has 26 heavy (non-hydrogen) atoms. The Morgan fingerprint density at radius 3 is 2.69 bits per heavy atom. The largest absolute Gasteiger partial charge is 0.465 e. The number of para-hydroxylation sites is 2. The van der Waals surface area contributed by atoms with Gasteiger partial charge in [0.25, 0.3) is 0 Å². The van der Waals surface area contributed by atoms with Crippen LogP contribution in [0.4, 0.5) is 5.69 Å². The lowest BCUT2D eigenvalue weighted by Gasteiger charge is -2.11. The number of rotatable bonds is 7. The Morgan fingerprint density at radius 2 is 1.85 bits per heavy atom. The molecule has 0 saturated heterocycles. The van der Waals surface area contributed by atoms with Crippen LogP contribution in [0.5, 0.6) is 0 Å². The SMILES string of the molecule is COC(=O)c1ccccc1NCC(=O)NCCc1c[nH]c2ccccc12. The summed E-state index contributed by atoms with van der Waals surface area (Å²) < 4.78 is 4.74. The summed E-state index contributed by atoms with van der Waals surface area (Å²) in [5, 5.41) is 7.04. The first-order valence-electron chi connectivity index (χ1n) is 8.42. The zero-order valence-corrected chi connectivity index (χ0v) is 14.5. The number of carbonyl (C=O) groups is 2. The molecule has 0 atom stereocenters. The summed E-state index contributed by atoms with van der Waals surface area (Å²) in [6, 6.07) is 15.0. The van der Waals surface area contributed by atoms with Gasteiger partial charge in [0.05, 0.1) is 19.2 Å². The van der Waals surface area contributed by atoms with Gasteiger partial charge in [0, 0.05) is 29.3 Å². The summed E-state index contributed by atoms with van der Waals surface area (Å²) >= 11 is 0. The number of ether oxygens (including phenoxy) is 1. The molecule has 134 valence electrons. The van der Waals surface area contributed by atoms with E-state index in [2.05, 4.69) is 21.7 Å². The summed E-state index contributed by atoms with van der Waals surface area (Å²) in [5.74, 6) is -0.572. The van der Waals surface area contributed by atoms with Crippen molar-refractivity contribution in [3.05, 3.63) is 65.9 Å². The molecule has 0 aliphatic heterocycles. The molecule has 0 unspecified atom stereocenters. The van der Waals surface area contributed by atoms with Gasteiger partial charge < -0.3 is 20.4 Å². The number of anilines is 1. The molecule has 0 spiro atoms. The lowest BCUT2D eigenvalue weighted by Crippen LogP contribution is -2.31. The van der Waals surface area contributed by atoms with Crippen molar-refractivity contribution in [2.75, 3.05) is 25.5 Å². The van der Waals surface area contributed by atoms with Gasteiger partial charge in [-0.3, -0.25) is 4.79 Å². The van der Waals surface area contributed by atoms with Gasteiger partial charge >= 0.3 is 5.97 Å². The molecule has 1 aromatic heterocycles. The molecule has 0 fully saturated rings. The lowest BCUT2D eigenvalue weighted by molar-refractivity contribution is -0.119. The lowest BCUT2D eigenvalue weighted by atomic mass is 10.1. The van der Waals surface area contributed by atoms with Crippen LogP contribution in [0.15, 0.2) is 54.7 Å². The van der Waals surface area contributed by atoms with E-state index in [0.717, 1.165) is 11.9 Å². The van der Waals surface area contributed by atoms with Gasteiger partial charge in [-0.25, -0.2) is 4.79 Å². The number of carbonyl (C=O) groups excluding carboxylic acids is 2. The molecule has 0 bridgehead atoms. The third-order valence-corrected chi connectivity index (χ3v) is 4.16. The highest BCUT2D eigenvalue weighted by atomic mass is 16.5. The van der Waals surface area contributed by atoms with Crippen LogP contribution in [0.1, 0.15) is 15.9 Å². The molecule has 0 aliphatic rings. The van der Waals surface area contributed by atoms with E-state index in [9.17, 15) is 9.59 Å². The van der Waals surface area contributed by atoms with Crippen LogP contribution in [0, 0.1) is 0 Å². The number of esters is 1. The topological polar surface area (TPSA) is 83.2 Å². The molecule has 6 heteroatoms. The summed E-state index contributed by atoms with van der Waals surface area (Å²) in [6.45, 7) is 0.628. The number of hydrogen-bond donors (Lipinski definition) is 3. The molecule has 3 aromatic rings. The second-order valence-electron chi connectivity index (χ2n) is 5.85. The molecule has 0 saturated carbocycles. The zero-order chi connectivity index (χ0) is 18.4. The molecular weight excluding hydrogens is 330 g/mol. The minimum Gasteiger partial charge on any atom is -0.465 e. The van der Waals surface area contributed by atoms with Crippen LogP contribution in [0.2, 0.25) is 0 Å². The maximum atomic E-state index is 12.1. The van der Waals surface area contributed by atoms with Crippen molar-refractivity contribution in [3.8, 4) is 0 Å². The molecule has 1 amide bonds. The number of hydrogen-bond acceptors (Lipinski definition) is 4. The summed E-state index contributed by atoms with van der Waals surface area (Å²) in [5.41, 5.74) is 3.24. The Morgan fingerprint density at radius 1 is 1.08 bits per heavy atom. The van der Waals surface area contributed by atoms with E-state index in [0.29, 0.717) is 17.8 Å². The van der Waals surface area contributed by atoms with E-state index < -0.39 is 5.97 Å². The van der Waals surface area contributed by atoms with E-state index in [1.807, 2.05) is 24.4 Å². The molecule has 0 aliphatic carbocycles. The second kappa shape index (κ2) is 8.20. The first kappa shape index (κ1) is 17.5. The van der Waals surface area contributed by atoms with Crippen molar-refractivity contribution in [2.45, 2.75) is 6.42 Å². The molecule has 6 nitrogen and oxygen atoms in total. The smallest absolute Gasteiger partial charge is 0.339 e. The zero-order valence-electron chi connectivity index (χ0n) is 14.5. The van der Waals surface area contributed by atoms with E-state index in [1.165, 1.54) is 18.1 Å². The molecular formula is C20H21N3O3. The minimum absolute atomic E-state index is 0.0852. The van der Waals surface area contributed by atoms with Crippen molar-refractivity contribution in [2.24, 2.45) is 0 Å². The van der Waals surface area contributed by atoms with Crippen LogP contribution >= 0.6 is 0 Å². The highest BCUT2D eigenvalue weighted by Gasteiger charge is 2.11. The molecule has 2 aromatic carbocycles. The molecule has 0 radical (unpaired) electrons. The van der Waals surface area contributed by atoms with Crippen molar-refractivity contribution in [1.82, 2.24) is 10.3 Å². The normalized spacial score (nSPS) is 10.5. The third kappa shape index (κ3) is 4.03. The van der Waals surface area contributed by atoms with Crippen LogP contribution < -0.4 is 10.6 Å². The standard InChI is InChI=1S/C20H21N3O3/c1-26-20(25)16-7-3-5-9-18(16)23-13-19(24)21-11-10-14-12-22-17-8-4-2-6-15(14)17/h2-9,12,22-23H,10-11,13H2,1H3,(H,21,24). The number of amides is 1. The minimum atomic E-state index is -0.437.